The zero-order valence-electron chi connectivity index (χ0n) is 12.1. The number of fused-ring (bicyclic) bond motifs is 1. The maximum atomic E-state index is 12.2. The Hall–Kier alpha value is -1.93. The molecule has 0 aromatic carbocycles. The summed E-state index contributed by atoms with van der Waals surface area (Å²) in [5.74, 6) is 0. The van der Waals surface area contributed by atoms with Gasteiger partial charge in [0.25, 0.3) is 5.56 Å². The molecule has 3 heterocycles. The van der Waals surface area contributed by atoms with Crippen LogP contribution in [0.1, 0.15) is 12.8 Å². The number of ether oxygens (including phenoxy) is 1. The molecule has 2 aromatic rings. The van der Waals surface area contributed by atoms with E-state index >= 15 is 0 Å². The van der Waals surface area contributed by atoms with Gasteiger partial charge in [-0.1, -0.05) is 0 Å². The SMILES string of the molecule is O=C(NCCn1cnc2ccsc2c1=O)NC[C@H]1CCCO1. The molecule has 8 heteroatoms. The maximum absolute atomic E-state index is 12.2. The van der Waals surface area contributed by atoms with Gasteiger partial charge in [0.05, 0.1) is 17.9 Å². The largest absolute Gasteiger partial charge is 0.376 e. The number of carbonyl (C=O) groups excluding carboxylic acids is 1. The molecule has 7 nitrogen and oxygen atoms in total. The van der Waals surface area contributed by atoms with E-state index in [1.807, 2.05) is 11.4 Å². The lowest BCUT2D eigenvalue weighted by Gasteiger charge is -2.12. The minimum Gasteiger partial charge on any atom is -0.376 e. The number of hydrogen-bond donors (Lipinski definition) is 2. The van der Waals surface area contributed by atoms with E-state index in [0.717, 1.165) is 19.4 Å². The summed E-state index contributed by atoms with van der Waals surface area (Å²) in [6.07, 6.45) is 3.68. The fraction of sp³-hybridized carbons (Fsp3) is 0.500. The summed E-state index contributed by atoms with van der Waals surface area (Å²) in [5, 5.41) is 7.36. The van der Waals surface area contributed by atoms with Crippen LogP contribution in [0.15, 0.2) is 22.6 Å². The number of nitrogens with one attached hydrogen (secondary N) is 2. The zero-order chi connectivity index (χ0) is 15.4. The lowest BCUT2D eigenvalue weighted by molar-refractivity contribution is 0.111. The summed E-state index contributed by atoms with van der Waals surface area (Å²) >= 11 is 1.38. The molecule has 1 saturated heterocycles. The van der Waals surface area contributed by atoms with Gasteiger partial charge in [0, 0.05) is 26.2 Å². The highest BCUT2D eigenvalue weighted by atomic mass is 32.1. The van der Waals surface area contributed by atoms with Crippen LogP contribution in [0.5, 0.6) is 0 Å². The van der Waals surface area contributed by atoms with E-state index in [4.69, 9.17) is 4.74 Å². The quantitative estimate of drug-likeness (QED) is 0.858. The third-order valence-corrected chi connectivity index (χ3v) is 4.48. The molecule has 0 spiro atoms. The van der Waals surface area contributed by atoms with Gasteiger partial charge in [-0.25, -0.2) is 9.78 Å². The summed E-state index contributed by atoms with van der Waals surface area (Å²) in [6, 6.07) is 1.58. The molecule has 0 saturated carbocycles. The number of hydrogen-bond acceptors (Lipinski definition) is 5. The third kappa shape index (κ3) is 3.45. The Balaban J connectivity index is 1.46. The van der Waals surface area contributed by atoms with Crippen molar-refractivity contribution in [2.24, 2.45) is 0 Å². The Bertz CT molecular complexity index is 705. The molecule has 1 aliphatic rings. The highest BCUT2D eigenvalue weighted by Gasteiger charge is 2.15. The van der Waals surface area contributed by atoms with Gasteiger partial charge in [-0.3, -0.25) is 9.36 Å². The molecular formula is C14H18N4O3S. The maximum Gasteiger partial charge on any atom is 0.314 e. The summed E-state index contributed by atoms with van der Waals surface area (Å²) in [4.78, 5) is 28.0. The van der Waals surface area contributed by atoms with Crippen molar-refractivity contribution in [2.75, 3.05) is 19.7 Å². The first-order valence-corrected chi connectivity index (χ1v) is 8.18. The van der Waals surface area contributed by atoms with Crippen LogP contribution in [0, 0.1) is 0 Å². The van der Waals surface area contributed by atoms with E-state index in [1.54, 1.807) is 0 Å². The van der Waals surface area contributed by atoms with E-state index in [1.165, 1.54) is 22.2 Å². The lowest BCUT2D eigenvalue weighted by atomic mass is 10.2. The van der Waals surface area contributed by atoms with Gasteiger partial charge in [-0.2, -0.15) is 0 Å². The van der Waals surface area contributed by atoms with Crippen molar-refractivity contribution < 1.29 is 9.53 Å². The van der Waals surface area contributed by atoms with E-state index in [-0.39, 0.29) is 17.7 Å². The first kappa shape index (κ1) is 15.0. The highest BCUT2D eigenvalue weighted by molar-refractivity contribution is 7.17. The van der Waals surface area contributed by atoms with Crippen molar-refractivity contribution in [2.45, 2.75) is 25.5 Å². The van der Waals surface area contributed by atoms with Gasteiger partial charge in [0.1, 0.15) is 4.70 Å². The first-order valence-electron chi connectivity index (χ1n) is 7.30. The fourth-order valence-corrected chi connectivity index (χ4v) is 3.20. The second-order valence-corrected chi connectivity index (χ2v) is 6.07. The predicted molar refractivity (Wildman–Crippen MR) is 84.3 cm³/mol. The molecule has 0 unspecified atom stereocenters. The second kappa shape index (κ2) is 6.89. The number of thiophene rings is 1. The van der Waals surface area contributed by atoms with Crippen LogP contribution >= 0.6 is 11.3 Å². The first-order chi connectivity index (χ1) is 10.7. The van der Waals surface area contributed by atoms with Crippen molar-refractivity contribution >= 4 is 27.6 Å². The average Bonchev–Trinajstić information content (AvgIpc) is 3.18. The molecule has 1 fully saturated rings. The van der Waals surface area contributed by atoms with Crippen LogP contribution in [0.25, 0.3) is 10.2 Å². The van der Waals surface area contributed by atoms with E-state index in [2.05, 4.69) is 15.6 Å². The normalized spacial score (nSPS) is 17.7. The molecular weight excluding hydrogens is 304 g/mol. The minimum atomic E-state index is -0.242. The van der Waals surface area contributed by atoms with Gasteiger partial charge in [0.15, 0.2) is 0 Å². The number of amides is 2. The standard InChI is InChI=1S/C14H18N4O3S/c19-13-12-11(3-7-22-12)17-9-18(13)5-4-15-14(20)16-8-10-2-1-6-21-10/h3,7,9-10H,1-2,4-6,8H2,(H2,15,16,20)/t10-/m1/s1. The Morgan fingerprint density at radius 3 is 3.23 bits per heavy atom. The van der Waals surface area contributed by atoms with Crippen LogP contribution in [0.3, 0.4) is 0 Å². The molecule has 22 heavy (non-hydrogen) atoms. The summed E-state index contributed by atoms with van der Waals surface area (Å²) in [6.45, 7) is 2.06. The van der Waals surface area contributed by atoms with Crippen LogP contribution in [0.2, 0.25) is 0 Å². The van der Waals surface area contributed by atoms with Crippen LogP contribution < -0.4 is 16.2 Å². The van der Waals surface area contributed by atoms with E-state index < -0.39 is 0 Å². The second-order valence-electron chi connectivity index (χ2n) is 5.15. The van der Waals surface area contributed by atoms with E-state index in [0.29, 0.717) is 29.9 Å². The molecule has 3 rings (SSSR count). The van der Waals surface area contributed by atoms with Crippen molar-refractivity contribution in [1.29, 1.82) is 0 Å². The van der Waals surface area contributed by atoms with Crippen molar-refractivity contribution in [1.82, 2.24) is 20.2 Å². The number of nitrogens with zero attached hydrogens (tertiary/aromatic N) is 2. The molecule has 0 bridgehead atoms. The summed E-state index contributed by atoms with van der Waals surface area (Å²) in [7, 11) is 0. The molecule has 1 aliphatic heterocycles. The molecule has 0 radical (unpaired) electrons. The van der Waals surface area contributed by atoms with Crippen LogP contribution in [0.4, 0.5) is 4.79 Å². The Labute approximate surface area is 131 Å². The molecule has 1 atom stereocenters. The minimum absolute atomic E-state index is 0.0680. The molecule has 2 N–H and O–H groups in total. The number of carbonyl (C=O) groups is 1. The molecule has 2 amide bonds. The summed E-state index contributed by atoms with van der Waals surface area (Å²) < 4.78 is 7.59. The number of aromatic nitrogens is 2. The predicted octanol–water partition coefficient (Wildman–Crippen LogP) is 0.936. The Morgan fingerprint density at radius 2 is 2.41 bits per heavy atom. The van der Waals surface area contributed by atoms with Crippen LogP contribution in [-0.2, 0) is 11.3 Å². The highest BCUT2D eigenvalue weighted by Crippen LogP contribution is 2.13. The summed E-state index contributed by atoms with van der Waals surface area (Å²) in [5.41, 5.74) is 0.648. The molecule has 2 aromatic heterocycles. The van der Waals surface area contributed by atoms with Crippen molar-refractivity contribution in [3.8, 4) is 0 Å². The Kier molecular flexibility index (Phi) is 4.69. The van der Waals surface area contributed by atoms with E-state index in [9.17, 15) is 9.59 Å². The van der Waals surface area contributed by atoms with Gasteiger partial charge in [-0.05, 0) is 24.3 Å². The zero-order valence-corrected chi connectivity index (χ0v) is 12.9. The average molecular weight is 322 g/mol. The fourth-order valence-electron chi connectivity index (χ4n) is 2.40. The topological polar surface area (TPSA) is 85.2 Å². The molecule has 118 valence electrons. The monoisotopic (exact) mass is 322 g/mol. The Morgan fingerprint density at radius 1 is 1.50 bits per heavy atom. The van der Waals surface area contributed by atoms with Gasteiger partial charge in [0.2, 0.25) is 0 Å². The molecule has 0 aliphatic carbocycles. The van der Waals surface area contributed by atoms with Gasteiger partial charge in [-0.15, -0.1) is 11.3 Å². The number of rotatable bonds is 5. The van der Waals surface area contributed by atoms with Crippen molar-refractivity contribution in [3.05, 3.63) is 28.1 Å². The van der Waals surface area contributed by atoms with Gasteiger partial charge < -0.3 is 15.4 Å². The lowest BCUT2D eigenvalue weighted by Crippen LogP contribution is -2.41. The number of urea groups is 1. The van der Waals surface area contributed by atoms with Crippen molar-refractivity contribution in [3.63, 3.8) is 0 Å². The van der Waals surface area contributed by atoms with Crippen LogP contribution in [-0.4, -0.2) is 41.4 Å². The van der Waals surface area contributed by atoms with Gasteiger partial charge >= 0.3 is 6.03 Å². The smallest absolute Gasteiger partial charge is 0.314 e. The third-order valence-electron chi connectivity index (χ3n) is 3.59.